The first-order chi connectivity index (χ1) is 8.31. The summed E-state index contributed by atoms with van der Waals surface area (Å²) in [6.45, 7) is 2.40. The first kappa shape index (κ1) is 11.1. The number of aromatic nitrogens is 1. The Labute approximate surface area is 103 Å². The maximum Gasteiger partial charge on any atom is 0.125 e. The van der Waals surface area contributed by atoms with E-state index in [0.29, 0.717) is 6.04 Å². The van der Waals surface area contributed by atoms with Crippen LogP contribution in [0, 0.1) is 5.82 Å². The number of ether oxygens (including phenoxy) is 1. The third-order valence-electron chi connectivity index (χ3n) is 2.81. The average Bonchev–Trinajstić information content (AvgIpc) is 2.71. The van der Waals surface area contributed by atoms with Gasteiger partial charge in [-0.05, 0) is 12.1 Å². The molecule has 1 aliphatic heterocycles. The summed E-state index contributed by atoms with van der Waals surface area (Å²) in [5.74, 6) is -0.228. The molecule has 1 saturated heterocycles. The van der Waals surface area contributed by atoms with Gasteiger partial charge in [0.05, 0.1) is 28.4 Å². The molecule has 0 bridgehead atoms. The third-order valence-corrected chi connectivity index (χ3v) is 3.87. The number of halogens is 1. The molecule has 90 valence electrons. The van der Waals surface area contributed by atoms with E-state index in [4.69, 9.17) is 4.74 Å². The van der Waals surface area contributed by atoms with Crippen molar-refractivity contribution in [2.45, 2.75) is 12.5 Å². The van der Waals surface area contributed by atoms with Crippen LogP contribution in [-0.2, 0) is 11.2 Å². The van der Waals surface area contributed by atoms with Crippen LogP contribution >= 0.6 is 11.3 Å². The van der Waals surface area contributed by atoms with Gasteiger partial charge in [-0.2, -0.15) is 0 Å². The molecule has 2 aromatic rings. The van der Waals surface area contributed by atoms with Crippen LogP contribution in [-0.4, -0.2) is 30.8 Å². The van der Waals surface area contributed by atoms with Gasteiger partial charge in [-0.1, -0.05) is 0 Å². The molecule has 17 heavy (non-hydrogen) atoms. The highest BCUT2D eigenvalue weighted by molar-refractivity contribution is 7.18. The quantitative estimate of drug-likeness (QED) is 0.887. The summed E-state index contributed by atoms with van der Waals surface area (Å²) < 4.78 is 19.5. The molecule has 1 N–H and O–H groups in total. The summed E-state index contributed by atoms with van der Waals surface area (Å²) in [5, 5.41) is 4.43. The van der Waals surface area contributed by atoms with E-state index in [1.54, 1.807) is 17.4 Å². The number of nitrogens with zero attached hydrogens (tertiary/aromatic N) is 1. The van der Waals surface area contributed by atoms with E-state index in [2.05, 4.69) is 10.3 Å². The first-order valence-corrected chi connectivity index (χ1v) is 6.49. The van der Waals surface area contributed by atoms with Gasteiger partial charge < -0.3 is 10.1 Å². The fourth-order valence-corrected chi connectivity index (χ4v) is 3.02. The molecule has 2 heterocycles. The van der Waals surface area contributed by atoms with Gasteiger partial charge >= 0.3 is 0 Å². The predicted octanol–water partition coefficient (Wildman–Crippen LogP) is 1.97. The topological polar surface area (TPSA) is 34.1 Å². The van der Waals surface area contributed by atoms with Crippen molar-refractivity contribution in [1.82, 2.24) is 10.3 Å². The molecule has 3 nitrogen and oxygen atoms in total. The van der Waals surface area contributed by atoms with Crippen LogP contribution in [0.25, 0.3) is 10.2 Å². The fourth-order valence-electron chi connectivity index (χ4n) is 2.00. The summed E-state index contributed by atoms with van der Waals surface area (Å²) >= 11 is 1.63. The number of hydrogen-bond acceptors (Lipinski definition) is 4. The number of thiazole rings is 1. The molecule has 5 heteroatoms. The Morgan fingerprint density at radius 3 is 3.29 bits per heavy atom. The molecule has 0 spiro atoms. The molecular weight excluding hydrogens is 239 g/mol. The molecule has 0 saturated carbocycles. The zero-order valence-electron chi connectivity index (χ0n) is 9.28. The van der Waals surface area contributed by atoms with E-state index < -0.39 is 0 Å². The van der Waals surface area contributed by atoms with Crippen molar-refractivity contribution in [3.63, 3.8) is 0 Å². The minimum atomic E-state index is -0.228. The van der Waals surface area contributed by atoms with Gasteiger partial charge in [0.2, 0.25) is 0 Å². The molecule has 1 unspecified atom stereocenters. The Morgan fingerprint density at radius 2 is 2.47 bits per heavy atom. The summed E-state index contributed by atoms with van der Waals surface area (Å²) in [6, 6.07) is 5.08. The molecule has 1 aromatic carbocycles. The first-order valence-electron chi connectivity index (χ1n) is 5.67. The predicted molar refractivity (Wildman–Crippen MR) is 65.9 cm³/mol. The second-order valence-electron chi connectivity index (χ2n) is 4.15. The van der Waals surface area contributed by atoms with Crippen molar-refractivity contribution < 1.29 is 9.13 Å². The summed E-state index contributed by atoms with van der Waals surface area (Å²) in [5.41, 5.74) is 0.752. The van der Waals surface area contributed by atoms with Crippen LogP contribution in [0.5, 0.6) is 0 Å². The van der Waals surface area contributed by atoms with E-state index in [-0.39, 0.29) is 5.82 Å². The van der Waals surface area contributed by atoms with Gasteiger partial charge in [-0.3, -0.25) is 0 Å². The van der Waals surface area contributed by atoms with E-state index in [9.17, 15) is 4.39 Å². The van der Waals surface area contributed by atoms with Crippen molar-refractivity contribution in [2.75, 3.05) is 19.8 Å². The number of morpholine rings is 1. The van der Waals surface area contributed by atoms with Crippen LogP contribution in [0.4, 0.5) is 4.39 Å². The zero-order chi connectivity index (χ0) is 11.7. The monoisotopic (exact) mass is 252 g/mol. The number of hydrogen-bond donors (Lipinski definition) is 1. The summed E-state index contributed by atoms with van der Waals surface area (Å²) in [6.07, 6.45) is 0.848. The van der Waals surface area contributed by atoms with Crippen molar-refractivity contribution in [2.24, 2.45) is 0 Å². The van der Waals surface area contributed by atoms with Crippen molar-refractivity contribution in [3.05, 3.63) is 29.0 Å². The largest absolute Gasteiger partial charge is 0.379 e. The van der Waals surface area contributed by atoms with Gasteiger partial charge in [0.25, 0.3) is 0 Å². The second-order valence-corrected chi connectivity index (χ2v) is 5.26. The Balaban J connectivity index is 1.80. The van der Waals surface area contributed by atoms with Crippen LogP contribution in [0.2, 0.25) is 0 Å². The van der Waals surface area contributed by atoms with Gasteiger partial charge in [-0.25, -0.2) is 9.37 Å². The molecule has 1 fully saturated rings. The number of rotatable bonds is 2. The van der Waals surface area contributed by atoms with E-state index in [1.165, 1.54) is 12.1 Å². The highest BCUT2D eigenvalue weighted by atomic mass is 32.1. The number of benzene rings is 1. The van der Waals surface area contributed by atoms with Gasteiger partial charge in [0.1, 0.15) is 5.82 Å². The normalized spacial score (nSPS) is 20.9. The Bertz CT molecular complexity index is 522. The summed E-state index contributed by atoms with van der Waals surface area (Å²) in [4.78, 5) is 4.45. The van der Waals surface area contributed by atoms with Crippen LogP contribution < -0.4 is 5.32 Å². The van der Waals surface area contributed by atoms with Crippen LogP contribution in [0.3, 0.4) is 0 Å². The second kappa shape index (κ2) is 4.68. The highest BCUT2D eigenvalue weighted by Crippen LogP contribution is 2.23. The lowest BCUT2D eigenvalue weighted by molar-refractivity contribution is 0.0770. The molecule has 1 aliphatic rings. The van der Waals surface area contributed by atoms with Crippen LogP contribution in [0.1, 0.15) is 5.01 Å². The maximum absolute atomic E-state index is 13.0. The third kappa shape index (κ3) is 2.46. The van der Waals surface area contributed by atoms with E-state index in [1.807, 2.05) is 0 Å². The van der Waals surface area contributed by atoms with E-state index in [0.717, 1.165) is 41.4 Å². The summed E-state index contributed by atoms with van der Waals surface area (Å²) in [7, 11) is 0. The SMILES string of the molecule is Fc1ccc2sc(CC3COCCN3)nc2c1. The van der Waals surface area contributed by atoms with Crippen molar-refractivity contribution in [1.29, 1.82) is 0 Å². The van der Waals surface area contributed by atoms with Gasteiger partial charge in [0.15, 0.2) is 0 Å². The van der Waals surface area contributed by atoms with E-state index >= 15 is 0 Å². The Kier molecular flexibility index (Phi) is 3.05. The highest BCUT2D eigenvalue weighted by Gasteiger charge is 2.15. The molecule has 0 aliphatic carbocycles. The molecule has 1 aromatic heterocycles. The number of nitrogens with one attached hydrogen (secondary N) is 1. The van der Waals surface area contributed by atoms with Crippen molar-refractivity contribution >= 4 is 21.6 Å². The number of fused-ring (bicyclic) bond motifs is 1. The Hall–Kier alpha value is -1.04. The fraction of sp³-hybridized carbons (Fsp3) is 0.417. The lowest BCUT2D eigenvalue weighted by Crippen LogP contribution is -2.42. The van der Waals surface area contributed by atoms with Crippen molar-refractivity contribution in [3.8, 4) is 0 Å². The molecule has 1 atom stereocenters. The van der Waals surface area contributed by atoms with Crippen LogP contribution in [0.15, 0.2) is 18.2 Å². The minimum Gasteiger partial charge on any atom is -0.379 e. The Morgan fingerprint density at radius 1 is 1.53 bits per heavy atom. The standard InChI is InChI=1S/C12H13FN2OS/c13-8-1-2-11-10(5-8)15-12(17-11)6-9-7-16-4-3-14-9/h1-2,5,9,14H,3-4,6-7H2. The van der Waals surface area contributed by atoms with Gasteiger partial charge in [-0.15, -0.1) is 11.3 Å². The minimum absolute atomic E-state index is 0.228. The molecular formula is C12H13FN2OS. The maximum atomic E-state index is 13.0. The van der Waals surface area contributed by atoms with Gasteiger partial charge in [0, 0.05) is 25.1 Å². The molecule has 3 rings (SSSR count). The average molecular weight is 252 g/mol. The smallest absolute Gasteiger partial charge is 0.125 e. The zero-order valence-corrected chi connectivity index (χ0v) is 10.1. The lowest BCUT2D eigenvalue weighted by Gasteiger charge is -2.22. The molecule has 0 amide bonds. The lowest BCUT2D eigenvalue weighted by atomic mass is 10.2. The molecule has 0 radical (unpaired) electrons.